The number of hydrogen-bond donors (Lipinski definition) is 1. The molecule has 0 aliphatic carbocycles. The third-order valence-electron chi connectivity index (χ3n) is 11.6. The van der Waals surface area contributed by atoms with Crippen molar-refractivity contribution >= 4 is 36.4 Å². The van der Waals surface area contributed by atoms with E-state index in [1.54, 1.807) is 14.2 Å². The SMILES string of the molecule is COc1ccc([Si](C)(C)[C@H]2[C@H](CCn3cc(CCO)nn3)O[C@@]3(C(=O)N(Cc4ccc(N5CCCCC5=O)cc4)c4ccc(OC)cc43)[C@@H]2C)cc1. The molecule has 0 saturated carbocycles. The van der Waals surface area contributed by atoms with Crippen LogP contribution in [0.2, 0.25) is 18.6 Å². The Morgan fingerprint density at radius 2 is 1.71 bits per heavy atom. The van der Waals surface area contributed by atoms with Crippen molar-refractivity contribution in [3.05, 3.63) is 89.7 Å². The van der Waals surface area contributed by atoms with Crippen LogP contribution in [0.15, 0.2) is 72.9 Å². The lowest BCUT2D eigenvalue weighted by Gasteiger charge is -2.37. The summed E-state index contributed by atoms with van der Waals surface area (Å²) in [5, 5.41) is 19.2. The molecule has 1 aromatic heterocycles. The lowest BCUT2D eigenvalue weighted by atomic mass is 9.82. The van der Waals surface area contributed by atoms with Gasteiger partial charge in [-0.1, -0.05) is 54.7 Å². The lowest BCUT2D eigenvalue weighted by Crippen LogP contribution is -2.51. The van der Waals surface area contributed by atoms with Crippen LogP contribution in [0.5, 0.6) is 11.5 Å². The number of amides is 2. The normalized spacial score (nSPS) is 23.1. The zero-order valence-electron chi connectivity index (χ0n) is 30.7. The number of aryl methyl sites for hydroxylation is 1. The van der Waals surface area contributed by atoms with Crippen molar-refractivity contribution in [1.29, 1.82) is 0 Å². The fourth-order valence-corrected chi connectivity index (χ4v) is 12.9. The van der Waals surface area contributed by atoms with Crippen LogP contribution in [0.25, 0.3) is 0 Å². The predicted octanol–water partition coefficient (Wildman–Crippen LogP) is 5.20. The molecule has 4 aromatic rings. The number of fused-ring (bicyclic) bond motifs is 2. The molecule has 274 valence electrons. The Morgan fingerprint density at radius 3 is 2.40 bits per heavy atom. The number of aliphatic hydroxyl groups is 1. The standard InChI is InChI=1S/C40H49N5O6Si/c1-27-38(52(4,5)33-16-13-31(49-2)14-17-33)36(19-22-43-26-29(20-23-46)41-42-43)51-40(27)34-24-32(50-3)15-18-35(34)45(39(40)48)25-28-9-11-30(12-10-28)44-21-7-6-8-37(44)47/h9-18,24,26-27,36,38,46H,6-8,19-23,25H2,1-5H3/t27-,36+,38-,40+/m1/s1. The topological polar surface area (TPSA) is 119 Å². The number of methoxy groups -OCH3 is 2. The van der Waals surface area contributed by atoms with Gasteiger partial charge in [-0.25, -0.2) is 0 Å². The number of hydrogen-bond acceptors (Lipinski definition) is 8. The van der Waals surface area contributed by atoms with Crippen LogP contribution in [0.1, 0.15) is 49.4 Å². The first-order valence-corrected chi connectivity index (χ1v) is 21.4. The quantitative estimate of drug-likeness (QED) is 0.198. The van der Waals surface area contributed by atoms with Gasteiger partial charge in [-0.3, -0.25) is 14.3 Å². The molecule has 0 radical (unpaired) electrons. The molecule has 4 atom stereocenters. The fourth-order valence-electron chi connectivity index (χ4n) is 8.83. The Bertz CT molecular complexity index is 1910. The predicted molar refractivity (Wildman–Crippen MR) is 202 cm³/mol. The number of piperidine rings is 1. The van der Waals surface area contributed by atoms with E-state index in [1.165, 1.54) is 5.19 Å². The van der Waals surface area contributed by atoms with Crippen molar-refractivity contribution < 1.29 is 28.9 Å². The minimum atomic E-state index is -2.34. The Labute approximate surface area is 306 Å². The molecule has 3 aliphatic rings. The highest BCUT2D eigenvalue weighted by molar-refractivity contribution is 6.91. The minimum absolute atomic E-state index is 0.0118. The van der Waals surface area contributed by atoms with Gasteiger partial charge < -0.3 is 29.1 Å². The molecule has 1 N–H and O–H groups in total. The Balaban J connectivity index is 1.25. The zero-order chi connectivity index (χ0) is 36.6. The van der Waals surface area contributed by atoms with Crippen molar-refractivity contribution in [3.8, 4) is 11.5 Å². The van der Waals surface area contributed by atoms with Gasteiger partial charge in [0.1, 0.15) is 11.5 Å². The maximum Gasteiger partial charge on any atom is 0.264 e. The summed E-state index contributed by atoms with van der Waals surface area (Å²) >= 11 is 0. The van der Waals surface area contributed by atoms with E-state index >= 15 is 4.79 Å². The monoisotopic (exact) mass is 723 g/mol. The molecule has 0 unspecified atom stereocenters. The highest BCUT2D eigenvalue weighted by atomic mass is 28.3. The summed E-state index contributed by atoms with van der Waals surface area (Å²) in [5.41, 5.74) is 3.09. The molecular weight excluding hydrogens is 675 g/mol. The number of carbonyl (C=O) groups excluding carboxylic acids is 2. The second-order valence-corrected chi connectivity index (χ2v) is 19.5. The van der Waals surface area contributed by atoms with Crippen LogP contribution in [-0.2, 0) is 39.4 Å². The number of aliphatic hydroxyl groups excluding tert-OH is 1. The molecule has 3 aliphatic heterocycles. The molecule has 12 heteroatoms. The first-order valence-electron chi connectivity index (χ1n) is 18.3. The third kappa shape index (κ3) is 6.30. The summed E-state index contributed by atoms with van der Waals surface area (Å²) in [5.74, 6) is 1.39. The van der Waals surface area contributed by atoms with E-state index in [0.717, 1.165) is 53.3 Å². The van der Waals surface area contributed by atoms with Crippen molar-refractivity contribution in [2.75, 3.05) is 37.2 Å². The number of nitrogens with zero attached hydrogens (tertiary/aromatic N) is 5. The second-order valence-electron chi connectivity index (χ2n) is 14.8. The van der Waals surface area contributed by atoms with Crippen LogP contribution in [0.3, 0.4) is 0 Å². The third-order valence-corrected chi connectivity index (χ3v) is 15.9. The molecule has 52 heavy (non-hydrogen) atoms. The van der Waals surface area contributed by atoms with E-state index in [9.17, 15) is 9.90 Å². The summed E-state index contributed by atoms with van der Waals surface area (Å²) in [6.07, 6.45) is 5.21. The molecule has 2 fully saturated rings. The van der Waals surface area contributed by atoms with Crippen LogP contribution >= 0.6 is 0 Å². The Morgan fingerprint density at radius 1 is 0.981 bits per heavy atom. The van der Waals surface area contributed by atoms with Gasteiger partial charge in [0.25, 0.3) is 5.91 Å². The van der Waals surface area contributed by atoms with Gasteiger partial charge in [0, 0.05) is 55.9 Å². The molecule has 0 bridgehead atoms. The number of anilines is 2. The number of carbonyl (C=O) groups is 2. The first-order chi connectivity index (χ1) is 25.1. The van der Waals surface area contributed by atoms with E-state index in [-0.39, 0.29) is 36.0 Å². The number of rotatable bonds is 12. The van der Waals surface area contributed by atoms with Crippen LogP contribution in [-0.4, -0.2) is 73.5 Å². The highest BCUT2D eigenvalue weighted by Gasteiger charge is 2.66. The van der Waals surface area contributed by atoms with Gasteiger partial charge in [-0.15, -0.1) is 5.10 Å². The Kier molecular flexibility index (Phi) is 9.99. The molecule has 3 aromatic carbocycles. The Hall–Kier alpha value is -4.52. The van der Waals surface area contributed by atoms with E-state index in [1.807, 2.05) is 75.3 Å². The van der Waals surface area contributed by atoms with E-state index in [2.05, 4.69) is 42.5 Å². The summed E-state index contributed by atoms with van der Waals surface area (Å²) < 4.78 is 20.3. The average Bonchev–Trinajstić information content (AvgIpc) is 3.81. The van der Waals surface area contributed by atoms with E-state index in [0.29, 0.717) is 38.1 Å². The molecular formula is C40H49N5O6Si. The molecule has 2 amide bonds. The highest BCUT2D eigenvalue weighted by Crippen LogP contribution is 2.60. The summed E-state index contributed by atoms with van der Waals surface area (Å²) in [6, 6.07) is 22.2. The van der Waals surface area contributed by atoms with Crippen LogP contribution in [0.4, 0.5) is 11.4 Å². The number of ether oxygens (including phenoxy) is 3. The van der Waals surface area contributed by atoms with Gasteiger partial charge in [0.2, 0.25) is 5.91 Å². The fraction of sp³-hybridized carbons (Fsp3) is 0.450. The van der Waals surface area contributed by atoms with Crippen LogP contribution in [0, 0.1) is 5.92 Å². The largest absolute Gasteiger partial charge is 0.497 e. The van der Waals surface area contributed by atoms with Crippen LogP contribution < -0.4 is 24.5 Å². The number of benzene rings is 3. The first kappa shape index (κ1) is 35.9. The minimum Gasteiger partial charge on any atom is -0.497 e. The second kappa shape index (κ2) is 14.5. The molecule has 1 spiro atoms. The van der Waals surface area contributed by atoms with Gasteiger partial charge in [0.15, 0.2) is 5.60 Å². The maximum absolute atomic E-state index is 15.2. The van der Waals surface area contributed by atoms with Crippen molar-refractivity contribution in [2.45, 2.75) is 82.5 Å². The van der Waals surface area contributed by atoms with E-state index < -0.39 is 13.7 Å². The average molecular weight is 724 g/mol. The van der Waals surface area contributed by atoms with E-state index in [4.69, 9.17) is 14.2 Å². The van der Waals surface area contributed by atoms with Gasteiger partial charge >= 0.3 is 0 Å². The summed E-state index contributed by atoms with van der Waals surface area (Å²) in [4.78, 5) is 31.5. The number of aromatic nitrogens is 3. The zero-order valence-corrected chi connectivity index (χ0v) is 31.7. The lowest BCUT2D eigenvalue weighted by molar-refractivity contribution is -0.146. The van der Waals surface area contributed by atoms with Gasteiger partial charge in [-0.2, -0.15) is 0 Å². The molecule has 2 saturated heterocycles. The van der Waals surface area contributed by atoms with Crippen molar-refractivity contribution in [2.24, 2.45) is 5.92 Å². The van der Waals surface area contributed by atoms with Gasteiger partial charge in [0.05, 0.1) is 46.3 Å². The molecule has 4 heterocycles. The van der Waals surface area contributed by atoms with Gasteiger partial charge in [-0.05, 0) is 72.8 Å². The summed E-state index contributed by atoms with van der Waals surface area (Å²) in [6.45, 7) is 8.60. The molecule has 11 nitrogen and oxygen atoms in total. The van der Waals surface area contributed by atoms with Crippen molar-refractivity contribution in [3.63, 3.8) is 0 Å². The summed E-state index contributed by atoms with van der Waals surface area (Å²) in [7, 11) is 0.980. The van der Waals surface area contributed by atoms with Crippen molar-refractivity contribution in [1.82, 2.24) is 15.0 Å². The maximum atomic E-state index is 15.2. The smallest absolute Gasteiger partial charge is 0.264 e. The molecule has 7 rings (SSSR count).